The quantitative estimate of drug-likeness (QED) is 0.355. The molecule has 3 heteroatoms. The van der Waals surface area contributed by atoms with Gasteiger partial charge in [0.2, 0.25) is 0 Å². The second kappa shape index (κ2) is 3.03. The monoisotopic (exact) mass is 76.0 g/mol. The van der Waals surface area contributed by atoms with Crippen molar-refractivity contribution in [3.8, 4) is 0 Å². The minimum atomic E-state index is 0.528. The molecule has 0 rings (SSSR count). The van der Waals surface area contributed by atoms with Crippen molar-refractivity contribution in [3.05, 3.63) is 0 Å². The summed E-state index contributed by atoms with van der Waals surface area (Å²) in [5, 5.41) is 2.95. The van der Waals surface area contributed by atoms with E-state index in [2.05, 4.69) is 14.4 Å². The van der Waals surface area contributed by atoms with Crippen molar-refractivity contribution >= 4 is 9.24 Å². The third-order valence-corrected chi connectivity index (χ3v) is 0.274. The lowest BCUT2D eigenvalue weighted by atomic mass is 11.5. The fourth-order valence-electron chi connectivity index (χ4n) is 0. The molecule has 4 heavy (non-hydrogen) atoms. The van der Waals surface area contributed by atoms with Crippen LogP contribution in [-0.2, 0) is 0 Å². The zero-order valence-corrected chi connectivity index (χ0v) is 3.39. The van der Waals surface area contributed by atoms with Gasteiger partial charge in [0.25, 0.3) is 0 Å². The molecule has 0 aromatic rings. The summed E-state index contributed by atoms with van der Waals surface area (Å²) in [7, 11) is 2.30. The summed E-state index contributed by atoms with van der Waals surface area (Å²) in [5.41, 5.74) is 6.06. The average molecular weight is 76.0 g/mol. The zero-order chi connectivity index (χ0) is 3.41. The summed E-state index contributed by atoms with van der Waals surface area (Å²) in [6, 6.07) is 0. The Morgan fingerprint density at radius 1 is 2.00 bits per heavy atom. The van der Waals surface area contributed by atoms with Crippen LogP contribution in [0.5, 0.6) is 0 Å². The lowest BCUT2D eigenvalue weighted by molar-refractivity contribution is 1.06. The van der Waals surface area contributed by atoms with E-state index in [4.69, 9.17) is 5.53 Å². The first-order valence-electron chi connectivity index (χ1n) is 0.948. The molecule has 1 atom stereocenters. The van der Waals surface area contributed by atoms with Crippen molar-refractivity contribution in [1.82, 2.24) is 0 Å². The van der Waals surface area contributed by atoms with Gasteiger partial charge in [-0.05, 0) is 0 Å². The fraction of sp³-hybridized carbons (Fsp3) is 1.00. The minimum absolute atomic E-state index is 0.528. The van der Waals surface area contributed by atoms with Gasteiger partial charge in [-0.1, -0.05) is 0 Å². The number of hydrogen-bond donors (Lipinski definition) is 1. The van der Waals surface area contributed by atoms with Gasteiger partial charge in [-0.3, -0.25) is 0 Å². The molecule has 0 aliphatic rings. The lowest BCUT2D eigenvalue weighted by Crippen LogP contribution is -1.42. The molecular formula is CH5N2P. The molecule has 0 bridgehead atoms. The van der Waals surface area contributed by atoms with E-state index in [0.29, 0.717) is 6.29 Å². The Bertz CT molecular complexity index is 20.0. The van der Waals surface area contributed by atoms with Gasteiger partial charge in [0.1, 0.15) is 0 Å². The van der Waals surface area contributed by atoms with Crippen LogP contribution in [0.2, 0.25) is 0 Å². The Kier molecular flexibility index (Phi) is 3.05. The van der Waals surface area contributed by atoms with Gasteiger partial charge in [-0.25, -0.2) is 5.53 Å². The van der Waals surface area contributed by atoms with Gasteiger partial charge in [0.05, 0.1) is 6.29 Å². The standard InChI is InChI=1S/CH5N2P/c2-3-1-4/h2H,1,4H2. The predicted molar refractivity (Wildman–Crippen MR) is 19.7 cm³/mol. The van der Waals surface area contributed by atoms with Crippen LogP contribution in [-0.4, -0.2) is 6.29 Å². The highest BCUT2D eigenvalue weighted by Gasteiger charge is 1.46. The fourth-order valence-corrected chi connectivity index (χ4v) is 0. The van der Waals surface area contributed by atoms with Crippen LogP contribution in [0.1, 0.15) is 0 Å². The molecule has 0 aromatic carbocycles. The molecule has 0 radical (unpaired) electrons. The van der Waals surface area contributed by atoms with E-state index in [1.807, 2.05) is 0 Å². The molecule has 0 aliphatic carbocycles. The first kappa shape index (κ1) is 4.03. The summed E-state index contributed by atoms with van der Waals surface area (Å²) in [6.07, 6.45) is 0.528. The molecule has 0 amide bonds. The summed E-state index contributed by atoms with van der Waals surface area (Å²) in [6.45, 7) is 0. The van der Waals surface area contributed by atoms with Gasteiger partial charge in [0, 0.05) is 0 Å². The maximum absolute atomic E-state index is 6.06. The van der Waals surface area contributed by atoms with Crippen LogP contribution in [0.15, 0.2) is 5.11 Å². The van der Waals surface area contributed by atoms with Gasteiger partial charge in [0.15, 0.2) is 0 Å². The van der Waals surface area contributed by atoms with Crippen molar-refractivity contribution in [2.75, 3.05) is 6.29 Å². The smallest absolute Gasteiger partial charge is 0.0733 e. The van der Waals surface area contributed by atoms with E-state index in [-0.39, 0.29) is 0 Å². The first-order chi connectivity index (χ1) is 1.91. The van der Waals surface area contributed by atoms with Crippen molar-refractivity contribution in [3.63, 3.8) is 0 Å². The van der Waals surface area contributed by atoms with Crippen molar-refractivity contribution in [2.45, 2.75) is 0 Å². The van der Waals surface area contributed by atoms with E-state index in [1.165, 1.54) is 0 Å². The summed E-state index contributed by atoms with van der Waals surface area (Å²) < 4.78 is 0. The van der Waals surface area contributed by atoms with Gasteiger partial charge in [-0.2, -0.15) is 5.11 Å². The van der Waals surface area contributed by atoms with Crippen LogP contribution in [0.3, 0.4) is 0 Å². The first-order valence-corrected chi connectivity index (χ1v) is 1.76. The zero-order valence-electron chi connectivity index (χ0n) is 2.23. The Hall–Kier alpha value is 0.0300. The number of nitrogens with one attached hydrogen (secondary N) is 1. The maximum atomic E-state index is 6.06. The molecule has 2 nitrogen and oxygen atoms in total. The number of rotatable bonds is 1. The molecule has 0 aromatic heterocycles. The molecule has 0 saturated heterocycles. The highest BCUT2D eigenvalue weighted by molar-refractivity contribution is 7.16. The largest absolute Gasteiger partial charge is 0.210 e. The van der Waals surface area contributed by atoms with E-state index >= 15 is 0 Å². The Morgan fingerprint density at radius 2 is 2.25 bits per heavy atom. The van der Waals surface area contributed by atoms with Crippen molar-refractivity contribution in [2.24, 2.45) is 5.11 Å². The summed E-state index contributed by atoms with van der Waals surface area (Å²) in [5.74, 6) is 0. The topological polar surface area (TPSA) is 36.2 Å². The lowest BCUT2D eigenvalue weighted by Gasteiger charge is -1.58. The van der Waals surface area contributed by atoms with Crippen LogP contribution in [0.25, 0.3) is 0 Å². The number of nitrogens with zero attached hydrogens (tertiary/aromatic N) is 1. The highest BCUT2D eigenvalue weighted by Crippen LogP contribution is 1.74. The molecule has 0 heterocycles. The van der Waals surface area contributed by atoms with Crippen molar-refractivity contribution in [1.29, 1.82) is 5.53 Å². The van der Waals surface area contributed by atoms with Crippen LogP contribution in [0.4, 0.5) is 0 Å². The van der Waals surface area contributed by atoms with E-state index in [9.17, 15) is 0 Å². The predicted octanol–water partition coefficient (Wildman–Crippen LogP) is 0.850. The van der Waals surface area contributed by atoms with Gasteiger partial charge < -0.3 is 0 Å². The molecule has 0 saturated carbocycles. The SMILES string of the molecule is N=NCP. The second-order valence-corrected chi connectivity index (χ2v) is 0.706. The Balaban J connectivity index is 2.30. The minimum Gasteiger partial charge on any atom is -0.210 e. The third-order valence-electron chi connectivity index (χ3n) is 0.0913. The molecule has 0 aliphatic heterocycles. The molecule has 0 fully saturated rings. The van der Waals surface area contributed by atoms with Gasteiger partial charge in [-0.15, -0.1) is 9.24 Å². The molecule has 24 valence electrons. The molecule has 0 spiro atoms. The molecular weight excluding hydrogens is 71.0 g/mol. The van der Waals surface area contributed by atoms with Crippen LogP contribution < -0.4 is 0 Å². The second-order valence-electron chi connectivity index (χ2n) is 0.341. The van der Waals surface area contributed by atoms with Crippen molar-refractivity contribution < 1.29 is 0 Å². The summed E-state index contributed by atoms with van der Waals surface area (Å²) in [4.78, 5) is 0. The Morgan fingerprint density at radius 3 is 2.25 bits per heavy atom. The summed E-state index contributed by atoms with van der Waals surface area (Å²) >= 11 is 0. The van der Waals surface area contributed by atoms with Crippen LogP contribution >= 0.6 is 9.24 Å². The molecule has 1 N–H and O–H groups in total. The maximum Gasteiger partial charge on any atom is 0.0733 e. The normalized spacial score (nSPS) is 6.25. The van der Waals surface area contributed by atoms with E-state index < -0.39 is 0 Å². The highest BCUT2D eigenvalue weighted by atomic mass is 31.0. The van der Waals surface area contributed by atoms with E-state index in [1.54, 1.807) is 0 Å². The van der Waals surface area contributed by atoms with E-state index in [0.717, 1.165) is 0 Å². The third kappa shape index (κ3) is 2.03. The number of hydrogen-bond acceptors (Lipinski definition) is 2. The van der Waals surface area contributed by atoms with Crippen LogP contribution in [0, 0.1) is 5.53 Å². The van der Waals surface area contributed by atoms with Gasteiger partial charge >= 0.3 is 0 Å². The molecule has 1 unspecified atom stereocenters. The Labute approximate surface area is 27.3 Å². The average Bonchev–Trinajstić information content (AvgIpc) is 1.37.